The van der Waals surface area contributed by atoms with E-state index in [9.17, 15) is 5.11 Å². The molecule has 1 heterocycles. The third kappa shape index (κ3) is 1.70. The molecule has 0 amide bonds. The fourth-order valence-electron chi connectivity index (χ4n) is 1.75. The Balaban J connectivity index is 2.20. The number of nitrogens with zero attached hydrogens (tertiary/aromatic N) is 2. The third-order valence-corrected chi connectivity index (χ3v) is 2.50. The number of benzene rings is 1. The second-order valence-electron chi connectivity index (χ2n) is 3.55. The van der Waals surface area contributed by atoms with Gasteiger partial charge in [0.15, 0.2) is 0 Å². The van der Waals surface area contributed by atoms with Crippen LogP contribution in [-0.2, 0) is 0 Å². The van der Waals surface area contributed by atoms with Gasteiger partial charge in [-0.05, 0) is 24.6 Å². The molecule has 1 aliphatic heterocycles. The molecule has 0 radical (unpaired) electrons. The summed E-state index contributed by atoms with van der Waals surface area (Å²) in [6.45, 7) is 1.55. The highest BCUT2D eigenvalue weighted by Gasteiger charge is 2.20. The van der Waals surface area contributed by atoms with Gasteiger partial charge in [-0.2, -0.15) is 5.26 Å². The predicted molar refractivity (Wildman–Crippen MR) is 54.0 cm³/mol. The molecular weight excluding hydrogens is 176 g/mol. The topological polar surface area (TPSA) is 47.3 Å². The van der Waals surface area contributed by atoms with E-state index < -0.39 is 0 Å². The molecule has 14 heavy (non-hydrogen) atoms. The molecule has 0 saturated carbocycles. The minimum atomic E-state index is -0.222. The highest BCUT2D eigenvalue weighted by atomic mass is 16.3. The Labute approximate surface area is 83.2 Å². The van der Waals surface area contributed by atoms with E-state index in [4.69, 9.17) is 5.26 Å². The second-order valence-corrected chi connectivity index (χ2v) is 3.55. The normalized spacial score (nSPS) is 20.9. The number of nitriles is 1. The first kappa shape index (κ1) is 9.04. The van der Waals surface area contributed by atoms with Crippen LogP contribution >= 0.6 is 0 Å². The predicted octanol–water partition coefficient (Wildman–Crippen LogP) is 1.13. The van der Waals surface area contributed by atoms with Crippen molar-refractivity contribution in [3.8, 4) is 6.07 Å². The number of hydrogen-bond donors (Lipinski definition) is 1. The lowest BCUT2D eigenvalue weighted by Crippen LogP contribution is -2.20. The maximum absolute atomic E-state index is 9.38. The number of hydrogen-bond acceptors (Lipinski definition) is 3. The number of anilines is 1. The Hall–Kier alpha value is -1.53. The van der Waals surface area contributed by atoms with Gasteiger partial charge in [-0.1, -0.05) is 6.07 Å². The van der Waals surface area contributed by atoms with E-state index in [0.29, 0.717) is 12.1 Å². The molecule has 3 nitrogen and oxygen atoms in total. The van der Waals surface area contributed by atoms with Crippen molar-refractivity contribution in [3.63, 3.8) is 0 Å². The molecule has 72 valence electrons. The molecule has 0 aliphatic carbocycles. The van der Waals surface area contributed by atoms with Crippen LogP contribution in [0.25, 0.3) is 0 Å². The molecule has 1 N–H and O–H groups in total. The molecule has 0 bridgehead atoms. The molecule has 1 unspecified atom stereocenters. The number of aliphatic hydroxyl groups is 1. The average molecular weight is 188 g/mol. The van der Waals surface area contributed by atoms with E-state index in [0.717, 1.165) is 18.7 Å². The smallest absolute Gasteiger partial charge is 0.0992 e. The maximum atomic E-state index is 9.38. The summed E-state index contributed by atoms with van der Waals surface area (Å²) in [4.78, 5) is 2.10. The molecule has 1 aromatic carbocycles. The van der Waals surface area contributed by atoms with Crippen LogP contribution in [0.2, 0.25) is 0 Å². The number of β-amino-alcohol motifs (C(OH)–C–C–N with tert-alkyl or cyclic N) is 1. The summed E-state index contributed by atoms with van der Waals surface area (Å²) in [7, 11) is 0. The summed E-state index contributed by atoms with van der Waals surface area (Å²) < 4.78 is 0. The van der Waals surface area contributed by atoms with E-state index in [2.05, 4.69) is 11.0 Å². The summed E-state index contributed by atoms with van der Waals surface area (Å²) in [5.41, 5.74) is 1.70. The number of rotatable bonds is 1. The minimum absolute atomic E-state index is 0.222. The molecule has 1 atom stereocenters. The lowest BCUT2D eigenvalue weighted by molar-refractivity contribution is 0.198. The van der Waals surface area contributed by atoms with Crippen LogP contribution in [0, 0.1) is 11.3 Å². The molecule has 1 aromatic rings. The Morgan fingerprint density at radius 2 is 2.36 bits per heavy atom. The van der Waals surface area contributed by atoms with Crippen LogP contribution < -0.4 is 4.90 Å². The van der Waals surface area contributed by atoms with Crippen LogP contribution in [0.1, 0.15) is 12.0 Å². The van der Waals surface area contributed by atoms with E-state index in [-0.39, 0.29) is 6.10 Å². The Morgan fingerprint density at radius 3 is 3.00 bits per heavy atom. The zero-order valence-electron chi connectivity index (χ0n) is 7.85. The van der Waals surface area contributed by atoms with E-state index in [1.807, 2.05) is 18.2 Å². The summed E-state index contributed by atoms with van der Waals surface area (Å²) in [5, 5.41) is 18.1. The van der Waals surface area contributed by atoms with E-state index >= 15 is 0 Å². The second kappa shape index (κ2) is 3.69. The summed E-state index contributed by atoms with van der Waals surface area (Å²) in [6.07, 6.45) is 0.595. The van der Waals surface area contributed by atoms with Crippen LogP contribution in [0.4, 0.5) is 5.69 Å². The first-order valence-corrected chi connectivity index (χ1v) is 4.73. The fourth-order valence-corrected chi connectivity index (χ4v) is 1.75. The first-order chi connectivity index (χ1) is 6.79. The van der Waals surface area contributed by atoms with Crippen LogP contribution in [0.3, 0.4) is 0 Å². The summed E-state index contributed by atoms with van der Waals surface area (Å²) >= 11 is 0. The zero-order chi connectivity index (χ0) is 9.97. The minimum Gasteiger partial charge on any atom is -0.391 e. The quantitative estimate of drug-likeness (QED) is 0.718. The Morgan fingerprint density at radius 1 is 1.50 bits per heavy atom. The first-order valence-electron chi connectivity index (χ1n) is 4.73. The molecule has 2 rings (SSSR count). The molecular formula is C11H12N2O. The van der Waals surface area contributed by atoms with Crippen molar-refractivity contribution in [1.29, 1.82) is 5.26 Å². The van der Waals surface area contributed by atoms with Gasteiger partial charge in [0.2, 0.25) is 0 Å². The van der Waals surface area contributed by atoms with Gasteiger partial charge in [0, 0.05) is 18.8 Å². The lowest BCUT2D eigenvalue weighted by Gasteiger charge is -2.17. The molecule has 1 fully saturated rings. The Kier molecular flexibility index (Phi) is 2.38. The summed E-state index contributed by atoms with van der Waals surface area (Å²) in [5.74, 6) is 0. The van der Waals surface area contributed by atoms with Gasteiger partial charge in [0.25, 0.3) is 0 Å². The highest BCUT2D eigenvalue weighted by Crippen LogP contribution is 2.20. The van der Waals surface area contributed by atoms with Gasteiger partial charge >= 0.3 is 0 Å². The van der Waals surface area contributed by atoms with Crippen molar-refractivity contribution in [3.05, 3.63) is 29.8 Å². The van der Waals surface area contributed by atoms with Crippen LogP contribution in [0.15, 0.2) is 24.3 Å². The van der Waals surface area contributed by atoms with Crippen molar-refractivity contribution >= 4 is 5.69 Å². The fraction of sp³-hybridized carbons (Fsp3) is 0.364. The van der Waals surface area contributed by atoms with Crippen LogP contribution in [-0.4, -0.2) is 24.3 Å². The summed E-state index contributed by atoms with van der Waals surface area (Å²) in [6, 6.07) is 9.60. The van der Waals surface area contributed by atoms with Gasteiger partial charge in [-0.25, -0.2) is 0 Å². The number of aliphatic hydroxyl groups excluding tert-OH is 1. The average Bonchev–Trinajstić information content (AvgIpc) is 2.65. The van der Waals surface area contributed by atoms with E-state index in [1.54, 1.807) is 6.07 Å². The molecule has 0 spiro atoms. The van der Waals surface area contributed by atoms with Crippen molar-refractivity contribution in [2.75, 3.05) is 18.0 Å². The lowest BCUT2D eigenvalue weighted by atomic mass is 10.2. The Bertz CT molecular complexity index is 370. The SMILES string of the molecule is N#Cc1cccc(N2CCC(O)C2)c1. The van der Waals surface area contributed by atoms with Gasteiger partial charge in [-0.3, -0.25) is 0 Å². The van der Waals surface area contributed by atoms with Crippen molar-refractivity contribution in [2.24, 2.45) is 0 Å². The van der Waals surface area contributed by atoms with Gasteiger partial charge in [0.1, 0.15) is 0 Å². The van der Waals surface area contributed by atoms with Crippen LogP contribution in [0.5, 0.6) is 0 Å². The van der Waals surface area contributed by atoms with Crippen molar-refractivity contribution < 1.29 is 5.11 Å². The molecule has 0 aromatic heterocycles. The standard InChI is InChI=1S/C11H12N2O/c12-7-9-2-1-3-10(6-9)13-5-4-11(14)8-13/h1-3,6,11,14H,4-5,8H2. The highest BCUT2D eigenvalue weighted by molar-refractivity contribution is 5.52. The van der Waals surface area contributed by atoms with Crippen molar-refractivity contribution in [1.82, 2.24) is 0 Å². The molecule has 1 aliphatic rings. The monoisotopic (exact) mass is 188 g/mol. The zero-order valence-corrected chi connectivity index (χ0v) is 7.85. The molecule has 1 saturated heterocycles. The molecule has 3 heteroatoms. The van der Waals surface area contributed by atoms with Gasteiger partial charge in [0.05, 0.1) is 17.7 Å². The third-order valence-electron chi connectivity index (χ3n) is 2.50. The van der Waals surface area contributed by atoms with Gasteiger partial charge in [-0.15, -0.1) is 0 Å². The maximum Gasteiger partial charge on any atom is 0.0992 e. The van der Waals surface area contributed by atoms with Crippen molar-refractivity contribution in [2.45, 2.75) is 12.5 Å². The van der Waals surface area contributed by atoms with E-state index in [1.165, 1.54) is 0 Å². The van der Waals surface area contributed by atoms with Gasteiger partial charge < -0.3 is 10.0 Å². The largest absolute Gasteiger partial charge is 0.391 e.